The Labute approximate surface area is 160 Å². The Hall–Kier alpha value is -2.37. The lowest BCUT2D eigenvalue weighted by molar-refractivity contribution is 0.102. The number of fused-ring (bicyclic) bond motifs is 3. The van der Waals surface area contributed by atoms with E-state index in [1.54, 1.807) is 11.8 Å². The van der Waals surface area contributed by atoms with Crippen molar-refractivity contribution in [2.24, 2.45) is 0 Å². The molecule has 4 aromatic rings. The number of carbonyl (C=O) groups is 1. The summed E-state index contributed by atoms with van der Waals surface area (Å²) >= 11 is 3.25. The van der Waals surface area contributed by atoms with E-state index in [-0.39, 0.29) is 5.91 Å². The number of nitrogens with zero attached hydrogens (tertiary/aromatic N) is 1. The topological polar surface area (TPSA) is 42.0 Å². The summed E-state index contributed by atoms with van der Waals surface area (Å²) in [6.45, 7) is 4.28. The average molecular weight is 379 g/mol. The van der Waals surface area contributed by atoms with Crippen LogP contribution in [-0.4, -0.2) is 16.1 Å². The molecule has 0 unspecified atom stereocenters. The van der Waals surface area contributed by atoms with Crippen molar-refractivity contribution in [3.8, 4) is 0 Å². The number of carbonyl (C=O) groups excluding carboxylic acids is 1. The molecule has 1 N–H and O–H groups in total. The Kier molecular flexibility index (Phi) is 4.66. The molecule has 3 nitrogen and oxygen atoms in total. The van der Waals surface area contributed by atoms with Crippen molar-refractivity contribution < 1.29 is 4.79 Å². The number of amides is 1. The summed E-state index contributed by atoms with van der Waals surface area (Å²) in [5.74, 6) is -0.125. The molecule has 0 spiro atoms. The Morgan fingerprint density at radius 1 is 1.08 bits per heavy atom. The van der Waals surface area contributed by atoms with Crippen molar-refractivity contribution in [1.82, 2.24) is 4.98 Å². The van der Waals surface area contributed by atoms with E-state index in [0.29, 0.717) is 15.9 Å². The standard InChI is InChI=1S/C21H18N2OS2/c1-13(2)25-16-8-5-7-15(12-16)20(24)23-21-22-19-17-9-4-3-6-14(17)10-11-18(19)26-21/h3-13H,1-2H3,(H,22,23,24). The Morgan fingerprint density at radius 2 is 1.92 bits per heavy atom. The summed E-state index contributed by atoms with van der Waals surface area (Å²) in [5, 5.41) is 6.32. The number of aromatic nitrogens is 1. The molecule has 26 heavy (non-hydrogen) atoms. The molecule has 4 rings (SSSR count). The first-order valence-corrected chi connectivity index (χ1v) is 10.2. The molecule has 0 saturated heterocycles. The van der Waals surface area contributed by atoms with E-state index in [4.69, 9.17) is 0 Å². The molecule has 0 atom stereocenters. The molecule has 0 radical (unpaired) electrons. The molecule has 3 aromatic carbocycles. The highest BCUT2D eigenvalue weighted by atomic mass is 32.2. The van der Waals surface area contributed by atoms with Crippen LogP contribution in [0, 0.1) is 0 Å². The SMILES string of the molecule is CC(C)Sc1cccc(C(=O)Nc2nc3c(ccc4ccccc43)s2)c1. The minimum absolute atomic E-state index is 0.125. The van der Waals surface area contributed by atoms with Crippen molar-refractivity contribution in [2.45, 2.75) is 24.0 Å². The van der Waals surface area contributed by atoms with Gasteiger partial charge in [0.2, 0.25) is 0 Å². The molecule has 1 heterocycles. The highest BCUT2D eigenvalue weighted by molar-refractivity contribution is 7.99. The molecule has 0 aliphatic rings. The Bertz CT molecular complexity index is 1100. The maximum Gasteiger partial charge on any atom is 0.257 e. The first-order valence-electron chi connectivity index (χ1n) is 8.46. The third kappa shape index (κ3) is 3.45. The summed E-state index contributed by atoms with van der Waals surface area (Å²) in [5.41, 5.74) is 1.59. The van der Waals surface area contributed by atoms with Gasteiger partial charge in [0.15, 0.2) is 5.13 Å². The van der Waals surface area contributed by atoms with Crippen LogP contribution in [0.3, 0.4) is 0 Å². The van der Waals surface area contributed by atoms with Gasteiger partial charge in [0.05, 0.1) is 10.2 Å². The lowest BCUT2D eigenvalue weighted by Gasteiger charge is -2.07. The lowest BCUT2D eigenvalue weighted by Crippen LogP contribution is -2.11. The van der Waals surface area contributed by atoms with Crippen molar-refractivity contribution in [2.75, 3.05) is 5.32 Å². The summed E-state index contributed by atoms with van der Waals surface area (Å²) in [6, 6.07) is 20.0. The van der Waals surface area contributed by atoms with Gasteiger partial charge < -0.3 is 0 Å². The van der Waals surface area contributed by atoms with E-state index in [2.05, 4.69) is 48.4 Å². The van der Waals surface area contributed by atoms with Gasteiger partial charge in [0.25, 0.3) is 5.91 Å². The predicted molar refractivity (Wildman–Crippen MR) is 113 cm³/mol. The maximum atomic E-state index is 12.6. The number of hydrogen-bond donors (Lipinski definition) is 1. The van der Waals surface area contributed by atoms with E-state index < -0.39 is 0 Å². The summed E-state index contributed by atoms with van der Waals surface area (Å²) in [6.07, 6.45) is 0. The summed E-state index contributed by atoms with van der Waals surface area (Å²) < 4.78 is 1.07. The van der Waals surface area contributed by atoms with E-state index in [1.165, 1.54) is 11.3 Å². The van der Waals surface area contributed by atoms with Crippen LogP contribution >= 0.6 is 23.1 Å². The van der Waals surface area contributed by atoms with Gasteiger partial charge in [-0.25, -0.2) is 4.98 Å². The summed E-state index contributed by atoms with van der Waals surface area (Å²) in [7, 11) is 0. The molecule has 0 bridgehead atoms. The fourth-order valence-electron chi connectivity index (χ4n) is 2.87. The zero-order valence-electron chi connectivity index (χ0n) is 14.5. The average Bonchev–Trinajstić information content (AvgIpc) is 3.04. The monoisotopic (exact) mass is 378 g/mol. The van der Waals surface area contributed by atoms with Gasteiger partial charge >= 0.3 is 0 Å². The second-order valence-corrected chi connectivity index (χ2v) is 8.98. The highest BCUT2D eigenvalue weighted by Crippen LogP contribution is 2.32. The van der Waals surface area contributed by atoms with Gasteiger partial charge in [0.1, 0.15) is 0 Å². The van der Waals surface area contributed by atoms with Crippen LogP contribution in [0.25, 0.3) is 21.0 Å². The number of nitrogens with one attached hydrogen (secondary N) is 1. The smallest absolute Gasteiger partial charge is 0.257 e. The van der Waals surface area contributed by atoms with Gasteiger partial charge in [-0.1, -0.05) is 61.6 Å². The Morgan fingerprint density at radius 3 is 2.77 bits per heavy atom. The molecule has 5 heteroatoms. The molecule has 130 valence electrons. The van der Waals surface area contributed by atoms with Crippen LogP contribution in [0.2, 0.25) is 0 Å². The number of rotatable bonds is 4. The fraction of sp³-hybridized carbons (Fsp3) is 0.143. The third-order valence-electron chi connectivity index (χ3n) is 3.97. The van der Waals surface area contributed by atoms with E-state index in [0.717, 1.165) is 25.9 Å². The molecule has 1 aromatic heterocycles. The van der Waals surface area contributed by atoms with E-state index in [9.17, 15) is 4.79 Å². The number of thiazole rings is 1. The fourth-order valence-corrected chi connectivity index (χ4v) is 4.64. The minimum atomic E-state index is -0.125. The second kappa shape index (κ2) is 7.09. The highest BCUT2D eigenvalue weighted by Gasteiger charge is 2.12. The van der Waals surface area contributed by atoms with Crippen LogP contribution in [0.1, 0.15) is 24.2 Å². The van der Waals surface area contributed by atoms with E-state index >= 15 is 0 Å². The second-order valence-electron chi connectivity index (χ2n) is 6.30. The Balaban J connectivity index is 1.63. The van der Waals surface area contributed by atoms with Crippen molar-refractivity contribution in [1.29, 1.82) is 0 Å². The van der Waals surface area contributed by atoms with Gasteiger partial charge in [-0.15, -0.1) is 11.8 Å². The first kappa shape index (κ1) is 17.1. The zero-order chi connectivity index (χ0) is 18.1. The molecular formula is C21H18N2OS2. The molecule has 0 aliphatic carbocycles. The molecule has 0 fully saturated rings. The predicted octanol–water partition coefficient (Wildman–Crippen LogP) is 6.20. The van der Waals surface area contributed by atoms with Crippen LogP contribution in [0.5, 0.6) is 0 Å². The zero-order valence-corrected chi connectivity index (χ0v) is 16.2. The van der Waals surface area contributed by atoms with Gasteiger partial charge in [-0.2, -0.15) is 0 Å². The van der Waals surface area contributed by atoms with Crippen LogP contribution in [0.15, 0.2) is 65.6 Å². The molecule has 1 amide bonds. The number of hydrogen-bond acceptors (Lipinski definition) is 4. The number of benzene rings is 3. The van der Waals surface area contributed by atoms with Gasteiger partial charge in [0, 0.05) is 21.1 Å². The number of thioether (sulfide) groups is 1. The third-order valence-corrected chi connectivity index (χ3v) is 5.91. The lowest BCUT2D eigenvalue weighted by atomic mass is 10.1. The minimum Gasteiger partial charge on any atom is -0.298 e. The van der Waals surface area contributed by atoms with Gasteiger partial charge in [-0.05, 0) is 29.7 Å². The van der Waals surface area contributed by atoms with Crippen molar-refractivity contribution in [3.63, 3.8) is 0 Å². The van der Waals surface area contributed by atoms with Crippen molar-refractivity contribution in [3.05, 3.63) is 66.2 Å². The van der Waals surface area contributed by atoms with Crippen LogP contribution in [-0.2, 0) is 0 Å². The number of anilines is 1. The first-order chi connectivity index (χ1) is 12.6. The van der Waals surface area contributed by atoms with Crippen LogP contribution in [0.4, 0.5) is 5.13 Å². The quantitative estimate of drug-likeness (QED) is 0.430. The largest absolute Gasteiger partial charge is 0.298 e. The molecule has 0 saturated carbocycles. The molecular weight excluding hydrogens is 360 g/mol. The van der Waals surface area contributed by atoms with Crippen LogP contribution < -0.4 is 5.32 Å². The van der Waals surface area contributed by atoms with Gasteiger partial charge in [-0.3, -0.25) is 10.1 Å². The van der Waals surface area contributed by atoms with Crippen molar-refractivity contribution >= 4 is 55.1 Å². The molecule has 0 aliphatic heterocycles. The summed E-state index contributed by atoms with van der Waals surface area (Å²) in [4.78, 5) is 18.4. The normalized spacial score (nSPS) is 11.3. The van der Waals surface area contributed by atoms with E-state index in [1.807, 2.05) is 36.4 Å². The maximum absolute atomic E-state index is 12.6.